The van der Waals surface area contributed by atoms with Crippen LogP contribution in [0.1, 0.15) is 0 Å². The molecule has 9 nitrogen and oxygen atoms in total. The van der Waals surface area contributed by atoms with E-state index in [4.69, 9.17) is 10.4 Å². The topological polar surface area (TPSA) is 131 Å². The van der Waals surface area contributed by atoms with Gasteiger partial charge in [-0.1, -0.05) is 0 Å². The molecule has 0 saturated heterocycles. The highest BCUT2D eigenvalue weighted by atomic mass is 32.2. The third-order valence-electron chi connectivity index (χ3n) is 1.98. The summed E-state index contributed by atoms with van der Waals surface area (Å²) >= 11 is 1.57. The first-order valence-corrected chi connectivity index (χ1v) is 6.76. The molecule has 0 rings (SSSR count). The van der Waals surface area contributed by atoms with Crippen molar-refractivity contribution < 1.29 is 24.8 Å². The average molecular weight is 294 g/mol. The molecule has 110 valence electrons. The highest BCUT2D eigenvalue weighted by Crippen LogP contribution is 1.90. The second-order valence-electron chi connectivity index (χ2n) is 3.56. The fraction of sp³-hybridized carbons (Fsp3) is 0.667. The summed E-state index contributed by atoms with van der Waals surface area (Å²) in [4.78, 5) is 34.7. The fourth-order valence-corrected chi connectivity index (χ4v) is 1.50. The van der Waals surface area contributed by atoms with Crippen molar-refractivity contribution in [2.45, 2.75) is 0 Å². The van der Waals surface area contributed by atoms with E-state index < -0.39 is 11.8 Å². The van der Waals surface area contributed by atoms with Crippen LogP contribution in [-0.2, 0) is 14.4 Å². The molecule has 0 saturated carbocycles. The van der Waals surface area contributed by atoms with E-state index in [-0.39, 0.29) is 25.5 Å². The van der Waals surface area contributed by atoms with Gasteiger partial charge in [-0.15, -0.1) is 0 Å². The summed E-state index contributed by atoms with van der Waals surface area (Å²) < 4.78 is 0. The molecule has 0 radical (unpaired) electrons. The average Bonchev–Trinajstić information content (AvgIpc) is 2.38. The summed E-state index contributed by atoms with van der Waals surface area (Å²) in [7, 11) is 0. The Morgan fingerprint density at radius 2 is 1.47 bits per heavy atom. The van der Waals surface area contributed by atoms with Gasteiger partial charge in [0.2, 0.25) is 5.91 Å². The molecule has 0 atom stereocenters. The van der Waals surface area contributed by atoms with Gasteiger partial charge in [0, 0.05) is 12.3 Å². The highest BCUT2D eigenvalue weighted by Gasteiger charge is 2.17. The van der Waals surface area contributed by atoms with Crippen molar-refractivity contribution in [3.63, 3.8) is 0 Å². The fourth-order valence-electron chi connectivity index (χ4n) is 1.20. The van der Waals surface area contributed by atoms with E-state index in [1.54, 1.807) is 11.8 Å². The van der Waals surface area contributed by atoms with Crippen molar-refractivity contribution in [3.05, 3.63) is 0 Å². The van der Waals surface area contributed by atoms with Gasteiger partial charge in [-0.3, -0.25) is 29.7 Å². The lowest BCUT2D eigenvalue weighted by molar-refractivity contribution is -0.134. The maximum absolute atomic E-state index is 11.5. The van der Waals surface area contributed by atoms with Crippen LogP contribution in [0.2, 0.25) is 0 Å². The minimum Gasteiger partial charge on any atom is -0.354 e. The van der Waals surface area contributed by atoms with Crippen molar-refractivity contribution in [2.24, 2.45) is 0 Å². The molecule has 0 aromatic heterocycles. The Morgan fingerprint density at radius 1 is 1.00 bits per heavy atom. The number of rotatable bonds is 9. The Kier molecular flexibility index (Phi) is 9.80. The molecule has 5 N–H and O–H groups in total. The van der Waals surface area contributed by atoms with Crippen molar-refractivity contribution in [1.29, 1.82) is 0 Å². The first kappa shape index (κ1) is 17.6. The molecular weight excluding hydrogens is 276 g/mol. The Bertz CT molecular complexity index is 297. The van der Waals surface area contributed by atoms with E-state index >= 15 is 0 Å². The predicted octanol–water partition coefficient (Wildman–Crippen LogP) is -2.22. The first-order chi connectivity index (χ1) is 9.03. The molecule has 0 aliphatic carbocycles. The van der Waals surface area contributed by atoms with Crippen molar-refractivity contribution in [2.75, 3.05) is 38.2 Å². The zero-order valence-electron chi connectivity index (χ0n) is 10.5. The van der Waals surface area contributed by atoms with Crippen LogP contribution in [0.3, 0.4) is 0 Å². The number of hydrogen-bond donors (Lipinski definition) is 5. The SMILES string of the molecule is CSCCNC(=O)CN(CC(=O)NO)CC(=O)NO. The molecule has 0 aromatic rings. The molecule has 0 heterocycles. The summed E-state index contributed by atoms with van der Waals surface area (Å²) in [6, 6.07) is 0. The van der Waals surface area contributed by atoms with Crippen molar-refractivity contribution in [3.8, 4) is 0 Å². The molecule has 0 spiro atoms. The number of thioether (sulfide) groups is 1. The largest absolute Gasteiger partial charge is 0.354 e. The summed E-state index contributed by atoms with van der Waals surface area (Å²) in [6.45, 7) is -0.415. The molecule has 0 aliphatic rings. The van der Waals surface area contributed by atoms with E-state index in [0.29, 0.717) is 6.54 Å². The van der Waals surface area contributed by atoms with Crippen LogP contribution < -0.4 is 16.3 Å². The molecular formula is C9H18N4O5S. The van der Waals surface area contributed by atoms with E-state index in [1.807, 2.05) is 6.26 Å². The number of nitrogens with zero attached hydrogens (tertiary/aromatic N) is 1. The second-order valence-corrected chi connectivity index (χ2v) is 4.54. The number of carbonyl (C=O) groups is 3. The van der Waals surface area contributed by atoms with E-state index in [2.05, 4.69) is 5.32 Å². The molecule has 0 fully saturated rings. The van der Waals surface area contributed by atoms with Gasteiger partial charge in [-0.05, 0) is 6.26 Å². The van der Waals surface area contributed by atoms with Crippen molar-refractivity contribution >= 4 is 29.5 Å². The van der Waals surface area contributed by atoms with Crippen LogP contribution in [0.15, 0.2) is 0 Å². The van der Waals surface area contributed by atoms with Gasteiger partial charge in [0.15, 0.2) is 0 Å². The Hall–Kier alpha value is -1.36. The molecule has 0 aliphatic heterocycles. The summed E-state index contributed by atoms with van der Waals surface area (Å²) in [6.07, 6.45) is 1.90. The molecule has 0 aromatic carbocycles. The number of amides is 3. The van der Waals surface area contributed by atoms with Gasteiger partial charge < -0.3 is 5.32 Å². The van der Waals surface area contributed by atoms with Crippen LogP contribution in [0.5, 0.6) is 0 Å². The van der Waals surface area contributed by atoms with E-state index in [0.717, 1.165) is 5.75 Å². The Balaban J connectivity index is 4.27. The van der Waals surface area contributed by atoms with Crippen LogP contribution in [0, 0.1) is 0 Å². The quantitative estimate of drug-likeness (QED) is 0.185. The zero-order valence-corrected chi connectivity index (χ0v) is 11.3. The summed E-state index contributed by atoms with van der Waals surface area (Å²) in [5, 5.41) is 19.4. The number of hydrogen-bond acceptors (Lipinski definition) is 7. The van der Waals surface area contributed by atoms with E-state index in [1.165, 1.54) is 15.9 Å². The standard InChI is InChI=1S/C9H18N4O5S/c1-19-3-2-10-7(14)4-13(5-8(15)11-17)6-9(16)12-18/h17-18H,2-6H2,1H3,(H,10,14)(H,11,15)(H,12,16). The smallest absolute Gasteiger partial charge is 0.257 e. The van der Waals surface area contributed by atoms with Gasteiger partial charge in [0.1, 0.15) is 0 Å². The lowest BCUT2D eigenvalue weighted by atomic mass is 10.4. The third kappa shape index (κ3) is 9.25. The monoisotopic (exact) mass is 294 g/mol. The Morgan fingerprint density at radius 3 is 1.89 bits per heavy atom. The minimum atomic E-state index is -0.761. The van der Waals surface area contributed by atoms with Gasteiger partial charge in [-0.2, -0.15) is 11.8 Å². The third-order valence-corrected chi connectivity index (χ3v) is 2.59. The normalized spacial score (nSPS) is 10.1. The van der Waals surface area contributed by atoms with Gasteiger partial charge >= 0.3 is 0 Å². The van der Waals surface area contributed by atoms with Gasteiger partial charge in [-0.25, -0.2) is 11.0 Å². The minimum absolute atomic E-state index is 0.199. The lowest BCUT2D eigenvalue weighted by Crippen LogP contribution is -2.46. The van der Waals surface area contributed by atoms with Crippen LogP contribution in [0.25, 0.3) is 0 Å². The van der Waals surface area contributed by atoms with Gasteiger partial charge in [0.05, 0.1) is 19.6 Å². The number of hydroxylamine groups is 2. The maximum Gasteiger partial charge on any atom is 0.257 e. The summed E-state index contributed by atoms with van der Waals surface area (Å²) in [5.41, 5.74) is 2.80. The van der Waals surface area contributed by atoms with Gasteiger partial charge in [0.25, 0.3) is 11.8 Å². The number of nitrogens with one attached hydrogen (secondary N) is 3. The molecule has 19 heavy (non-hydrogen) atoms. The second kappa shape index (κ2) is 10.6. The predicted molar refractivity (Wildman–Crippen MR) is 67.7 cm³/mol. The van der Waals surface area contributed by atoms with Crippen LogP contribution >= 0.6 is 11.8 Å². The molecule has 0 bridgehead atoms. The zero-order chi connectivity index (χ0) is 14.7. The van der Waals surface area contributed by atoms with Crippen LogP contribution in [0.4, 0.5) is 0 Å². The highest BCUT2D eigenvalue weighted by molar-refractivity contribution is 7.98. The first-order valence-electron chi connectivity index (χ1n) is 5.37. The maximum atomic E-state index is 11.5. The lowest BCUT2D eigenvalue weighted by Gasteiger charge is -2.19. The number of carbonyl (C=O) groups excluding carboxylic acids is 3. The molecule has 3 amide bonds. The van der Waals surface area contributed by atoms with Crippen LogP contribution in [-0.4, -0.2) is 71.2 Å². The molecule has 0 unspecified atom stereocenters. The Labute approximate surface area is 114 Å². The van der Waals surface area contributed by atoms with E-state index in [9.17, 15) is 14.4 Å². The molecule has 10 heteroatoms. The van der Waals surface area contributed by atoms with Crippen molar-refractivity contribution in [1.82, 2.24) is 21.2 Å². The summed E-state index contributed by atoms with van der Waals surface area (Å²) in [5.74, 6) is -1.13.